The summed E-state index contributed by atoms with van der Waals surface area (Å²) < 4.78 is 0. The van der Waals surface area contributed by atoms with Crippen LogP contribution in [0.2, 0.25) is 0 Å². The lowest BCUT2D eigenvalue weighted by Crippen LogP contribution is -1.89. The molecule has 2 rings (SSSR count). The Morgan fingerprint density at radius 1 is 1.06 bits per heavy atom. The summed E-state index contributed by atoms with van der Waals surface area (Å²) in [4.78, 5) is 3.94. The molecular formula is C12H11N5. The van der Waals surface area contributed by atoms with Crippen LogP contribution in [-0.4, -0.2) is 21.4 Å². The highest BCUT2D eigenvalue weighted by Gasteiger charge is 1.85. The van der Waals surface area contributed by atoms with E-state index in [2.05, 4.69) is 25.7 Å². The van der Waals surface area contributed by atoms with Gasteiger partial charge in [0, 0.05) is 18.6 Å². The van der Waals surface area contributed by atoms with Gasteiger partial charge in [0.25, 0.3) is 0 Å². The minimum Gasteiger partial charge on any atom is -0.277 e. The summed E-state index contributed by atoms with van der Waals surface area (Å²) in [6.07, 6.45) is 12.2. The molecule has 1 N–H and O–H groups in total. The number of aromatic nitrogens is 3. The van der Waals surface area contributed by atoms with Crippen molar-refractivity contribution in [2.24, 2.45) is 5.10 Å². The maximum Gasteiger partial charge on any atom is 0.0779 e. The molecule has 0 fully saturated rings. The van der Waals surface area contributed by atoms with Crippen LogP contribution < -0.4 is 5.43 Å². The molecule has 0 unspecified atom stereocenters. The summed E-state index contributed by atoms with van der Waals surface area (Å²) in [5.41, 5.74) is 4.71. The van der Waals surface area contributed by atoms with Gasteiger partial charge in [-0.1, -0.05) is 6.08 Å². The molecule has 0 amide bonds. The summed E-state index contributed by atoms with van der Waals surface area (Å²) in [5.74, 6) is 0. The van der Waals surface area contributed by atoms with Crippen molar-refractivity contribution in [3.63, 3.8) is 0 Å². The maximum absolute atomic E-state index is 4.01. The van der Waals surface area contributed by atoms with E-state index < -0.39 is 0 Å². The molecule has 0 saturated heterocycles. The molecule has 5 heteroatoms. The standard InChI is InChI=1S/C12H11N5/c1(2-11-3-7-13-8-4-11)6-15-17-12-5-9-14-16-10-12/h1-10H,(H,14,17)/b2-1+,15-6+. The van der Waals surface area contributed by atoms with E-state index in [9.17, 15) is 0 Å². The first-order valence-corrected chi connectivity index (χ1v) is 5.07. The van der Waals surface area contributed by atoms with E-state index in [-0.39, 0.29) is 0 Å². The number of hydrogen-bond donors (Lipinski definition) is 1. The lowest BCUT2D eigenvalue weighted by atomic mass is 10.2. The Balaban J connectivity index is 1.85. The van der Waals surface area contributed by atoms with E-state index in [1.807, 2.05) is 24.3 Å². The number of pyridine rings is 1. The van der Waals surface area contributed by atoms with Gasteiger partial charge < -0.3 is 0 Å². The van der Waals surface area contributed by atoms with Crippen molar-refractivity contribution >= 4 is 18.0 Å². The van der Waals surface area contributed by atoms with Crippen molar-refractivity contribution in [1.82, 2.24) is 15.2 Å². The van der Waals surface area contributed by atoms with Crippen molar-refractivity contribution < 1.29 is 0 Å². The van der Waals surface area contributed by atoms with Gasteiger partial charge >= 0.3 is 0 Å². The number of allylic oxidation sites excluding steroid dienone is 1. The highest BCUT2D eigenvalue weighted by Crippen LogP contribution is 2.00. The first-order valence-electron chi connectivity index (χ1n) is 5.07. The molecule has 0 aliphatic rings. The molecule has 0 bridgehead atoms. The topological polar surface area (TPSA) is 63.1 Å². The molecule has 0 aliphatic carbocycles. The van der Waals surface area contributed by atoms with Gasteiger partial charge in [0.1, 0.15) is 0 Å². The summed E-state index contributed by atoms with van der Waals surface area (Å²) >= 11 is 0. The van der Waals surface area contributed by atoms with Gasteiger partial charge in [0.15, 0.2) is 0 Å². The zero-order valence-corrected chi connectivity index (χ0v) is 9.06. The third-order valence-corrected chi connectivity index (χ3v) is 1.93. The Morgan fingerprint density at radius 2 is 1.94 bits per heavy atom. The summed E-state index contributed by atoms with van der Waals surface area (Å²) in [7, 11) is 0. The van der Waals surface area contributed by atoms with Crippen LogP contribution >= 0.6 is 0 Å². The number of hydrazone groups is 1. The van der Waals surface area contributed by atoms with Crippen molar-refractivity contribution in [2.75, 3.05) is 5.43 Å². The number of nitrogens with zero attached hydrogens (tertiary/aromatic N) is 4. The average Bonchev–Trinajstić information content (AvgIpc) is 2.41. The van der Waals surface area contributed by atoms with Gasteiger partial charge in [0.05, 0.1) is 18.1 Å². The second-order valence-corrected chi connectivity index (χ2v) is 3.16. The highest BCUT2D eigenvalue weighted by atomic mass is 15.3. The fourth-order valence-electron chi connectivity index (χ4n) is 1.14. The van der Waals surface area contributed by atoms with E-state index in [1.54, 1.807) is 37.1 Å². The molecule has 0 radical (unpaired) electrons. The van der Waals surface area contributed by atoms with E-state index in [1.165, 1.54) is 0 Å². The lowest BCUT2D eigenvalue weighted by molar-refractivity contribution is 1.03. The van der Waals surface area contributed by atoms with Gasteiger partial charge in [-0.25, -0.2) is 0 Å². The SMILES string of the molecule is C(=C\c1ccncc1)/C=N/Nc1ccnnc1. The van der Waals surface area contributed by atoms with Crippen molar-refractivity contribution in [3.8, 4) is 0 Å². The van der Waals surface area contributed by atoms with Crippen LogP contribution in [0, 0.1) is 0 Å². The molecule has 0 atom stereocenters. The van der Waals surface area contributed by atoms with Crippen LogP contribution in [0.5, 0.6) is 0 Å². The lowest BCUT2D eigenvalue weighted by Gasteiger charge is -1.95. The highest BCUT2D eigenvalue weighted by molar-refractivity contribution is 5.78. The van der Waals surface area contributed by atoms with Crippen molar-refractivity contribution in [1.29, 1.82) is 0 Å². The third kappa shape index (κ3) is 3.83. The van der Waals surface area contributed by atoms with Gasteiger partial charge in [-0.05, 0) is 29.8 Å². The Hall–Kier alpha value is -2.56. The van der Waals surface area contributed by atoms with E-state index >= 15 is 0 Å². The van der Waals surface area contributed by atoms with Gasteiger partial charge in [-0.3, -0.25) is 10.4 Å². The van der Waals surface area contributed by atoms with E-state index in [0.29, 0.717) is 0 Å². The number of nitrogens with one attached hydrogen (secondary N) is 1. The normalized spacial score (nSPS) is 11.1. The fraction of sp³-hybridized carbons (Fsp3) is 0. The second-order valence-electron chi connectivity index (χ2n) is 3.16. The molecule has 5 nitrogen and oxygen atoms in total. The van der Waals surface area contributed by atoms with Crippen LogP contribution in [0.4, 0.5) is 5.69 Å². The molecule has 0 aromatic carbocycles. The molecule has 2 aromatic rings. The number of hydrogen-bond acceptors (Lipinski definition) is 5. The van der Waals surface area contributed by atoms with Crippen LogP contribution in [0.15, 0.2) is 54.2 Å². The molecular weight excluding hydrogens is 214 g/mol. The monoisotopic (exact) mass is 225 g/mol. The quantitative estimate of drug-likeness (QED) is 0.638. The fourth-order valence-corrected chi connectivity index (χ4v) is 1.14. The summed E-state index contributed by atoms with van der Waals surface area (Å²) in [5, 5.41) is 11.4. The molecule has 0 saturated carbocycles. The zero-order chi connectivity index (χ0) is 11.8. The molecule has 0 spiro atoms. The minimum absolute atomic E-state index is 0.800. The van der Waals surface area contributed by atoms with E-state index in [4.69, 9.17) is 0 Å². The van der Waals surface area contributed by atoms with Crippen molar-refractivity contribution in [2.45, 2.75) is 0 Å². The molecule has 0 aliphatic heterocycles. The molecule has 17 heavy (non-hydrogen) atoms. The largest absolute Gasteiger partial charge is 0.277 e. The summed E-state index contributed by atoms with van der Waals surface area (Å²) in [6.45, 7) is 0. The van der Waals surface area contributed by atoms with Gasteiger partial charge in [-0.15, -0.1) is 0 Å². The zero-order valence-electron chi connectivity index (χ0n) is 9.06. The molecule has 84 valence electrons. The Labute approximate surface area is 98.9 Å². The van der Waals surface area contributed by atoms with Crippen LogP contribution in [0.3, 0.4) is 0 Å². The first kappa shape index (κ1) is 10.9. The van der Waals surface area contributed by atoms with Crippen molar-refractivity contribution in [3.05, 3.63) is 54.6 Å². The Bertz CT molecular complexity index is 493. The first-order chi connectivity index (χ1) is 8.45. The number of anilines is 1. The second kappa shape index (κ2) is 6.12. The Morgan fingerprint density at radius 3 is 2.71 bits per heavy atom. The smallest absolute Gasteiger partial charge is 0.0779 e. The predicted octanol–water partition coefficient (Wildman–Crippen LogP) is 1.98. The van der Waals surface area contributed by atoms with Gasteiger partial charge in [0.2, 0.25) is 0 Å². The Kier molecular flexibility index (Phi) is 3.94. The number of rotatable bonds is 4. The molecule has 2 aromatic heterocycles. The van der Waals surface area contributed by atoms with Crippen LogP contribution in [-0.2, 0) is 0 Å². The van der Waals surface area contributed by atoms with Crippen LogP contribution in [0.25, 0.3) is 6.08 Å². The maximum atomic E-state index is 4.01. The van der Waals surface area contributed by atoms with Gasteiger partial charge in [-0.2, -0.15) is 15.3 Å². The predicted molar refractivity (Wildman–Crippen MR) is 67.4 cm³/mol. The van der Waals surface area contributed by atoms with E-state index in [0.717, 1.165) is 11.3 Å². The van der Waals surface area contributed by atoms with Crippen LogP contribution in [0.1, 0.15) is 5.56 Å². The average molecular weight is 225 g/mol. The minimum atomic E-state index is 0.800. The third-order valence-electron chi connectivity index (χ3n) is 1.93. The molecule has 2 heterocycles. The summed E-state index contributed by atoms with van der Waals surface area (Å²) in [6, 6.07) is 5.63.